The summed E-state index contributed by atoms with van der Waals surface area (Å²) in [6.07, 6.45) is 5.82. The van der Waals surface area contributed by atoms with E-state index in [0.29, 0.717) is 32.9 Å². The standard InChI is InChI=1S/C38H39FIN5O3/c1-38(2,22-41)27-18-26-14-17-45(37(47)35(26)31(39)19-27)34-7-5-6-29-30(34)21-48-23-40-32(29)20-33(36(46)42-3)43-28-10-8-24(9-11-28)25-12-15-44(4)16-13-25/h5-11,14,17-20,25,43H,12-13,15-16,21,23H2,1-4H3,(H,42,46)/b33-20+. The maximum Gasteiger partial charge on any atom is 0.267 e. The molecule has 1 fully saturated rings. The number of likely N-dealkylation sites (tertiary alicyclic amines) is 1. The molecule has 2 N–H and O–H groups in total. The lowest BCUT2D eigenvalue weighted by Crippen LogP contribution is -2.29. The Morgan fingerprint density at radius 3 is 2.58 bits per heavy atom. The molecule has 1 saturated heterocycles. The maximum absolute atomic E-state index is 15.5. The molecule has 1 amide bonds. The average molecular weight is 760 g/mol. The fourth-order valence-electron chi connectivity index (χ4n) is 6.30. The number of benzene rings is 3. The van der Waals surface area contributed by atoms with E-state index in [1.54, 1.807) is 39.2 Å². The molecule has 2 aliphatic heterocycles. The zero-order valence-electron chi connectivity index (χ0n) is 27.6. The lowest BCUT2D eigenvalue weighted by atomic mass is 9.85. The minimum absolute atomic E-state index is 0.0356. The molecule has 3 heterocycles. The number of likely N-dealkylation sites (N-methyl/N-ethyl adjacent to an activating group) is 1. The van der Waals surface area contributed by atoms with Crippen LogP contribution in [0.25, 0.3) is 16.5 Å². The van der Waals surface area contributed by atoms with Crippen molar-refractivity contribution in [1.82, 2.24) is 14.8 Å². The minimum atomic E-state index is -0.904. The number of fused-ring (bicyclic) bond motifs is 2. The lowest BCUT2D eigenvalue weighted by molar-refractivity contribution is -0.116. The summed E-state index contributed by atoms with van der Waals surface area (Å²) < 4.78 is 24.5. The van der Waals surface area contributed by atoms with Crippen LogP contribution >= 0.6 is 20.7 Å². The highest BCUT2D eigenvalue weighted by Gasteiger charge is 2.24. The molecule has 0 atom stereocenters. The van der Waals surface area contributed by atoms with Gasteiger partial charge < -0.3 is 20.3 Å². The summed E-state index contributed by atoms with van der Waals surface area (Å²) in [5.41, 5.74) is 3.96. The number of hydrogen-bond donors (Lipinski definition) is 2. The highest BCUT2D eigenvalue weighted by atomic mass is 127. The van der Waals surface area contributed by atoms with Crippen LogP contribution in [0.3, 0.4) is 0 Å². The molecule has 6 rings (SSSR count). The first-order valence-corrected chi connectivity index (χ1v) is 18.6. The van der Waals surface area contributed by atoms with Crippen molar-refractivity contribution in [2.24, 2.45) is 0 Å². The van der Waals surface area contributed by atoms with Crippen LogP contribution in [0.15, 0.2) is 83.4 Å². The number of anilines is 1. The molecule has 0 aliphatic carbocycles. The summed E-state index contributed by atoms with van der Waals surface area (Å²) in [5, 5.41) is 16.1. The molecule has 4 aromatic rings. The number of ether oxygens (including phenoxy) is 1. The maximum atomic E-state index is 15.5. The number of allylic oxidation sites excluding steroid dienone is 1. The van der Waals surface area contributed by atoms with Crippen LogP contribution in [0.2, 0.25) is 0 Å². The Bertz CT molecular complexity index is 2040. The van der Waals surface area contributed by atoms with Gasteiger partial charge in [-0.2, -0.15) is 5.26 Å². The topological polar surface area (TPSA) is 99.4 Å². The zero-order chi connectivity index (χ0) is 34.0. The van der Waals surface area contributed by atoms with E-state index in [1.807, 2.05) is 36.4 Å². The Balaban J connectivity index is 1.35. The van der Waals surface area contributed by atoms with Crippen LogP contribution in [0, 0.1) is 17.1 Å². The quantitative estimate of drug-likeness (QED) is 0.128. The molecule has 0 spiro atoms. The monoisotopic (exact) mass is 759 g/mol. The van der Waals surface area contributed by atoms with E-state index in [2.05, 4.69) is 40.8 Å². The number of rotatable bonds is 7. The summed E-state index contributed by atoms with van der Waals surface area (Å²) in [6.45, 7) is 5.90. The van der Waals surface area contributed by atoms with Crippen molar-refractivity contribution in [2.45, 2.75) is 44.6 Å². The molecule has 0 saturated carbocycles. The van der Waals surface area contributed by atoms with Gasteiger partial charge in [-0.15, -0.1) is 0 Å². The largest absolute Gasteiger partial charge is 0.367 e. The van der Waals surface area contributed by atoms with Crippen molar-refractivity contribution in [3.63, 3.8) is 0 Å². The first kappa shape index (κ1) is 33.7. The van der Waals surface area contributed by atoms with E-state index < -0.39 is 37.5 Å². The van der Waals surface area contributed by atoms with Gasteiger partial charge in [-0.05, 0) is 117 Å². The third-order valence-electron chi connectivity index (χ3n) is 9.27. The summed E-state index contributed by atoms with van der Waals surface area (Å²) in [4.78, 5) is 29.3. The predicted octanol–water partition coefficient (Wildman–Crippen LogP) is 6.46. The highest BCUT2D eigenvalue weighted by Crippen LogP contribution is 2.31. The van der Waals surface area contributed by atoms with Crippen LogP contribution in [0.1, 0.15) is 54.9 Å². The second-order valence-electron chi connectivity index (χ2n) is 12.9. The first-order valence-electron chi connectivity index (χ1n) is 16.0. The Morgan fingerprint density at radius 1 is 1.12 bits per heavy atom. The molecule has 1 aromatic heterocycles. The van der Waals surface area contributed by atoms with E-state index in [4.69, 9.17) is 4.74 Å². The van der Waals surface area contributed by atoms with Crippen molar-refractivity contribution in [2.75, 3.05) is 37.1 Å². The van der Waals surface area contributed by atoms with Crippen molar-refractivity contribution in [3.8, 4) is 11.8 Å². The van der Waals surface area contributed by atoms with Crippen LogP contribution in [-0.2, 0) is 21.6 Å². The molecule has 0 unspecified atom stereocenters. The molecule has 3 aromatic carbocycles. The Morgan fingerprint density at radius 2 is 1.88 bits per heavy atom. The number of nitrogens with zero attached hydrogens (tertiary/aromatic N) is 3. The number of pyridine rings is 1. The van der Waals surface area contributed by atoms with Crippen molar-refractivity contribution in [1.29, 1.82) is 5.26 Å². The van der Waals surface area contributed by atoms with Gasteiger partial charge in [-0.25, -0.2) is 4.39 Å². The molecular weight excluding hydrogens is 720 g/mol. The number of amides is 1. The van der Waals surface area contributed by atoms with Crippen LogP contribution in [0.4, 0.5) is 10.1 Å². The van der Waals surface area contributed by atoms with Gasteiger partial charge in [0.05, 0.1) is 33.8 Å². The number of nitriles is 1. The van der Waals surface area contributed by atoms with Gasteiger partial charge >= 0.3 is 0 Å². The van der Waals surface area contributed by atoms with Gasteiger partial charge in [0, 0.05) is 28.0 Å². The normalized spacial score (nSPS) is 16.2. The van der Waals surface area contributed by atoms with E-state index in [0.717, 1.165) is 46.3 Å². The third kappa shape index (κ3) is 6.86. The molecule has 48 heavy (non-hydrogen) atoms. The van der Waals surface area contributed by atoms with Gasteiger partial charge in [-0.3, -0.25) is 14.2 Å². The van der Waals surface area contributed by atoms with Crippen molar-refractivity contribution >= 4 is 46.6 Å². The summed E-state index contributed by atoms with van der Waals surface area (Å²) in [5.74, 6) is -0.361. The van der Waals surface area contributed by atoms with E-state index >= 15 is 4.39 Å². The number of carbonyl (C=O) groups is 1. The summed E-state index contributed by atoms with van der Waals surface area (Å²) >= 11 is -0.648. The number of piperidine rings is 1. The highest BCUT2D eigenvalue weighted by molar-refractivity contribution is 14.2. The third-order valence-corrected chi connectivity index (χ3v) is 11.7. The van der Waals surface area contributed by atoms with Gasteiger partial charge in [0.15, 0.2) is 0 Å². The number of aromatic nitrogens is 1. The molecule has 8 nitrogen and oxygen atoms in total. The van der Waals surface area contributed by atoms with Crippen LogP contribution in [0.5, 0.6) is 0 Å². The van der Waals surface area contributed by atoms with Gasteiger partial charge in [0.1, 0.15) is 11.5 Å². The smallest absolute Gasteiger partial charge is 0.267 e. The predicted molar refractivity (Wildman–Crippen MR) is 198 cm³/mol. The van der Waals surface area contributed by atoms with E-state index in [-0.39, 0.29) is 17.9 Å². The van der Waals surface area contributed by atoms with Gasteiger partial charge in [0.2, 0.25) is 0 Å². The fourth-order valence-corrected chi connectivity index (χ4v) is 8.52. The second-order valence-corrected chi connectivity index (χ2v) is 15.4. The zero-order valence-corrected chi connectivity index (χ0v) is 29.7. The van der Waals surface area contributed by atoms with E-state index in [9.17, 15) is 14.9 Å². The Labute approximate surface area is 290 Å². The SMILES string of the molecule is CNC(=O)/C(=C\C1=ICOCc2c1cccc2-n1ccc2cc(C(C)(C)C#N)cc(F)c2c1=O)Nc1ccc(C2CCN(C)CC2)cc1. The molecule has 0 radical (unpaired) electrons. The molecule has 248 valence electrons. The number of carbonyl (C=O) groups excluding carboxylic acids is 1. The number of hydrogen-bond acceptors (Lipinski definition) is 6. The lowest BCUT2D eigenvalue weighted by Gasteiger charge is -2.29. The number of nitrogens with one attached hydrogen (secondary N) is 2. The molecule has 0 bridgehead atoms. The molecule has 10 heteroatoms. The molecular formula is C38H39FIN5O3. The average Bonchev–Trinajstić information content (AvgIpc) is 3.30. The van der Waals surface area contributed by atoms with Crippen molar-refractivity contribution in [3.05, 3.63) is 117 Å². The number of halogens is 2. The van der Waals surface area contributed by atoms with E-state index in [1.165, 1.54) is 16.2 Å². The van der Waals surface area contributed by atoms with Crippen LogP contribution < -0.4 is 16.2 Å². The van der Waals surface area contributed by atoms with Crippen LogP contribution in [-0.4, -0.2) is 50.7 Å². The fraction of sp³-hybridized carbons (Fsp3) is 0.316. The summed E-state index contributed by atoms with van der Waals surface area (Å²) in [7, 11) is 3.77. The van der Waals surface area contributed by atoms with Crippen molar-refractivity contribution < 1.29 is 13.9 Å². The second kappa shape index (κ2) is 14.1. The minimum Gasteiger partial charge on any atom is -0.367 e. The number of alkyl halides is 1. The first-order chi connectivity index (χ1) is 23.1. The molecule has 2 aliphatic rings. The van der Waals surface area contributed by atoms with Gasteiger partial charge in [0.25, 0.3) is 11.5 Å². The Kier molecular flexibility index (Phi) is 9.92. The summed E-state index contributed by atoms with van der Waals surface area (Å²) in [6, 6.07) is 20.9. The Hall–Kier alpha value is -4.18. The van der Waals surface area contributed by atoms with Gasteiger partial charge in [-0.1, -0.05) is 45.0 Å².